The van der Waals surface area contributed by atoms with E-state index in [-0.39, 0.29) is 6.10 Å². The number of hydrogen-bond donors (Lipinski definition) is 1. The molecule has 2 aromatic rings. The number of piperidine rings is 1. The highest BCUT2D eigenvalue weighted by Gasteiger charge is 2.21. The smallest absolute Gasteiger partial charge is 0.226 e. The second-order valence-corrected chi connectivity index (χ2v) is 4.65. The molecule has 3 heterocycles. The molecule has 1 atom stereocenters. The molecule has 1 saturated heterocycles. The Morgan fingerprint density at radius 3 is 3.29 bits per heavy atom. The Morgan fingerprint density at radius 2 is 2.41 bits per heavy atom. The van der Waals surface area contributed by atoms with Crippen molar-refractivity contribution in [1.82, 2.24) is 19.4 Å². The van der Waals surface area contributed by atoms with E-state index in [9.17, 15) is 0 Å². The van der Waals surface area contributed by atoms with Crippen LogP contribution < -0.4 is 4.74 Å². The van der Waals surface area contributed by atoms with Gasteiger partial charge in [-0.3, -0.25) is 0 Å². The summed E-state index contributed by atoms with van der Waals surface area (Å²) in [5.41, 5.74) is 0.800. The Bertz CT molecular complexity index is 515. The predicted octanol–water partition coefficient (Wildman–Crippen LogP) is 1.95. The third kappa shape index (κ3) is 2.21. The number of hydrogen-bond acceptors (Lipinski definition) is 4. The molecule has 5 nitrogen and oxygen atoms in total. The Kier molecular flexibility index (Phi) is 2.86. The van der Waals surface area contributed by atoms with Crippen molar-refractivity contribution in [1.29, 1.82) is 0 Å². The Morgan fingerprint density at radius 1 is 1.47 bits per heavy atom. The van der Waals surface area contributed by atoms with Crippen LogP contribution in [0.25, 0.3) is 11.0 Å². The van der Waals surface area contributed by atoms with E-state index in [0.717, 1.165) is 37.0 Å². The summed E-state index contributed by atoms with van der Waals surface area (Å²) in [5, 5.41) is 0.916. The molecule has 1 fully saturated rings. The van der Waals surface area contributed by atoms with Crippen LogP contribution in [0.4, 0.5) is 0 Å². The number of ether oxygens (including phenoxy) is 1. The standard InChI is InChI=1S/C11H13ClN4O/c12-16-5-1-2-8(6-16)17-11-9-3-4-13-10(9)14-7-15-11/h3-4,7-8H,1-2,5-6H2,(H,13,14,15)/t8-/m0/s1. The minimum atomic E-state index is 0.106. The highest BCUT2D eigenvalue weighted by Crippen LogP contribution is 2.23. The second-order valence-electron chi connectivity index (χ2n) is 4.17. The first-order valence-corrected chi connectivity index (χ1v) is 6.02. The van der Waals surface area contributed by atoms with Crippen LogP contribution in [0, 0.1) is 0 Å². The highest BCUT2D eigenvalue weighted by atomic mass is 35.5. The molecule has 1 aliphatic rings. The fourth-order valence-corrected chi connectivity index (χ4v) is 2.36. The fourth-order valence-electron chi connectivity index (χ4n) is 2.09. The van der Waals surface area contributed by atoms with Crippen molar-refractivity contribution in [3.05, 3.63) is 18.6 Å². The van der Waals surface area contributed by atoms with Crippen molar-refractivity contribution in [2.24, 2.45) is 0 Å². The minimum Gasteiger partial charge on any atom is -0.472 e. The molecule has 90 valence electrons. The van der Waals surface area contributed by atoms with E-state index >= 15 is 0 Å². The molecule has 0 saturated carbocycles. The normalized spacial score (nSPS) is 21.8. The van der Waals surface area contributed by atoms with Gasteiger partial charge in [0.05, 0.1) is 11.9 Å². The number of aromatic nitrogens is 3. The monoisotopic (exact) mass is 252 g/mol. The summed E-state index contributed by atoms with van der Waals surface area (Å²) in [6.45, 7) is 1.65. The quantitative estimate of drug-likeness (QED) is 0.830. The summed E-state index contributed by atoms with van der Waals surface area (Å²) in [6.07, 6.45) is 5.51. The van der Waals surface area contributed by atoms with Gasteiger partial charge in [0.1, 0.15) is 18.1 Å². The molecule has 0 amide bonds. The third-order valence-electron chi connectivity index (χ3n) is 2.92. The predicted molar refractivity (Wildman–Crippen MR) is 65.0 cm³/mol. The summed E-state index contributed by atoms with van der Waals surface area (Å²) < 4.78 is 7.67. The first-order chi connectivity index (χ1) is 8.33. The fraction of sp³-hybridized carbons (Fsp3) is 0.455. The van der Waals surface area contributed by atoms with Crippen molar-refractivity contribution in [3.63, 3.8) is 0 Å². The zero-order chi connectivity index (χ0) is 11.7. The third-order valence-corrected chi connectivity index (χ3v) is 3.23. The molecule has 6 heteroatoms. The number of fused-ring (bicyclic) bond motifs is 1. The van der Waals surface area contributed by atoms with Gasteiger partial charge in [-0.15, -0.1) is 0 Å². The lowest BCUT2D eigenvalue weighted by atomic mass is 10.1. The van der Waals surface area contributed by atoms with E-state index in [1.165, 1.54) is 6.33 Å². The number of nitrogens with one attached hydrogen (secondary N) is 1. The van der Waals surface area contributed by atoms with E-state index in [0.29, 0.717) is 5.88 Å². The average molecular weight is 253 g/mol. The molecule has 0 spiro atoms. The topological polar surface area (TPSA) is 54.0 Å². The first kappa shape index (κ1) is 10.8. The summed E-state index contributed by atoms with van der Waals surface area (Å²) in [4.78, 5) is 11.3. The van der Waals surface area contributed by atoms with Gasteiger partial charge in [-0.1, -0.05) is 0 Å². The summed E-state index contributed by atoms with van der Waals surface area (Å²) >= 11 is 5.99. The van der Waals surface area contributed by atoms with Gasteiger partial charge in [0, 0.05) is 12.7 Å². The minimum absolute atomic E-state index is 0.106. The molecular formula is C11H13ClN4O. The van der Waals surface area contributed by atoms with E-state index in [4.69, 9.17) is 16.5 Å². The number of aromatic amines is 1. The largest absolute Gasteiger partial charge is 0.472 e. The SMILES string of the molecule is ClN1CCC[C@H](Oc2ncnc3[nH]ccc23)C1. The van der Waals surface area contributed by atoms with Crippen molar-refractivity contribution < 1.29 is 4.74 Å². The van der Waals surface area contributed by atoms with Gasteiger partial charge in [0.15, 0.2) is 0 Å². The Labute approximate surface area is 104 Å². The van der Waals surface area contributed by atoms with Gasteiger partial charge >= 0.3 is 0 Å². The average Bonchev–Trinajstić information content (AvgIpc) is 2.78. The van der Waals surface area contributed by atoms with Crippen LogP contribution in [-0.4, -0.2) is 38.6 Å². The lowest BCUT2D eigenvalue weighted by molar-refractivity contribution is 0.128. The van der Waals surface area contributed by atoms with Gasteiger partial charge in [0.25, 0.3) is 0 Å². The molecule has 3 rings (SSSR count). The summed E-state index contributed by atoms with van der Waals surface area (Å²) in [5.74, 6) is 0.633. The van der Waals surface area contributed by atoms with Crippen LogP contribution >= 0.6 is 11.8 Å². The van der Waals surface area contributed by atoms with Crippen LogP contribution in [0.5, 0.6) is 5.88 Å². The molecule has 0 unspecified atom stereocenters. The maximum atomic E-state index is 5.99. The van der Waals surface area contributed by atoms with Gasteiger partial charge < -0.3 is 9.72 Å². The van der Waals surface area contributed by atoms with Crippen LogP contribution in [0.1, 0.15) is 12.8 Å². The van der Waals surface area contributed by atoms with Gasteiger partial charge in [-0.2, -0.15) is 0 Å². The van der Waals surface area contributed by atoms with Crippen LogP contribution in [0.3, 0.4) is 0 Å². The summed E-state index contributed by atoms with van der Waals surface area (Å²) in [7, 11) is 0. The van der Waals surface area contributed by atoms with E-state index in [2.05, 4.69) is 15.0 Å². The summed E-state index contributed by atoms with van der Waals surface area (Å²) in [6, 6.07) is 1.92. The molecule has 0 bridgehead atoms. The Hall–Kier alpha value is -1.33. The molecule has 1 N–H and O–H groups in total. The first-order valence-electron chi connectivity index (χ1n) is 5.68. The molecule has 17 heavy (non-hydrogen) atoms. The van der Waals surface area contributed by atoms with Crippen molar-refractivity contribution >= 4 is 22.8 Å². The Balaban J connectivity index is 1.82. The molecule has 2 aromatic heterocycles. The van der Waals surface area contributed by atoms with Crippen molar-refractivity contribution in [2.75, 3.05) is 13.1 Å². The lowest BCUT2D eigenvalue weighted by Crippen LogP contribution is -2.36. The molecule has 1 aliphatic heterocycles. The van der Waals surface area contributed by atoms with Crippen LogP contribution in [-0.2, 0) is 0 Å². The second kappa shape index (κ2) is 4.50. The number of halogens is 1. The van der Waals surface area contributed by atoms with Crippen LogP contribution in [0.15, 0.2) is 18.6 Å². The highest BCUT2D eigenvalue weighted by molar-refractivity contribution is 6.13. The van der Waals surface area contributed by atoms with Gasteiger partial charge in [0.2, 0.25) is 5.88 Å². The van der Waals surface area contributed by atoms with Gasteiger partial charge in [-0.25, -0.2) is 14.4 Å². The lowest BCUT2D eigenvalue weighted by Gasteiger charge is -2.27. The molecular weight excluding hydrogens is 240 g/mol. The van der Waals surface area contributed by atoms with Crippen LogP contribution in [0.2, 0.25) is 0 Å². The molecule has 0 aliphatic carbocycles. The van der Waals surface area contributed by atoms with Crippen molar-refractivity contribution in [2.45, 2.75) is 18.9 Å². The molecule has 0 aromatic carbocycles. The number of nitrogens with zero attached hydrogens (tertiary/aromatic N) is 3. The maximum absolute atomic E-state index is 5.99. The van der Waals surface area contributed by atoms with E-state index in [1.54, 1.807) is 4.42 Å². The zero-order valence-corrected chi connectivity index (χ0v) is 10.0. The number of H-pyrrole nitrogens is 1. The van der Waals surface area contributed by atoms with Gasteiger partial charge in [-0.05, 0) is 30.7 Å². The molecule has 0 radical (unpaired) electrons. The number of rotatable bonds is 2. The van der Waals surface area contributed by atoms with Crippen molar-refractivity contribution in [3.8, 4) is 5.88 Å². The zero-order valence-electron chi connectivity index (χ0n) is 9.27. The maximum Gasteiger partial charge on any atom is 0.226 e. The van der Waals surface area contributed by atoms with E-state index < -0.39 is 0 Å². The van der Waals surface area contributed by atoms with E-state index in [1.807, 2.05) is 12.3 Å².